The average molecular weight is 207 g/mol. The van der Waals surface area contributed by atoms with Crippen molar-refractivity contribution < 1.29 is 14.3 Å². The molecule has 0 radical (unpaired) electrons. The second-order valence-electron chi connectivity index (χ2n) is 2.78. The highest BCUT2D eigenvalue weighted by molar-refractivity contribution is 5.85. The van der Waals surface area contributed by atoms with E-state index in [0.29, 0.717) is 5.69 Å². The number of carboxylic acid groups (broad SMARTS) is 1. The van der Waals surface area contributed by atoms with E-state index < -0.39 is 17.6 Å². The van der Waals surface area contributed by atoms with Crippen molar-refractivity contribution in [3.8, 4) is 5.69 Å². The quantitative estimate of drug-likeness (QED) is 0.800. The summed E-state index contributed by atoms with van der Waals surface area (Å²) in [6.07, 6.45) is 0. The van der Waals surface area contributed by atoms with Gasteiger partial charge in [-0.05, 0) is 12.1 Å². The molecule has 0 spiro atoms. The van der Waals surface area contributed by atoms with Gasteiger partial charge in [-0.1, -0.05) is 23.4 Å². The van der Waals surface area contributed by atoms with E-state index in [1.165, 1.54) is 0 Å². The van der Waals surface area contributed by atoms with Gasteiger partial charge >= 0.3 is 5.97 Å². The van der Waals surface area contributed by atoms with Gasteiger partial charge in [0.2, 0.25) is 5.69 Å². The molecule has 0 atom stereocenters. The van der Waals surface area contributed by atoms with E-state index in [9.17, 15) is 9.18 Å². The molecule has 0 unspecified atom stereocenters. The Bertz CT molecular complexity index is 495. The van der Waals surface area contributed by atoms with Crippen molar-refractivity contribution in [3.05, 3.63) is 42.0 Å². The van der Waals surface area contributed by atoms with Crippen molar-refractivity contribution in [1.82, 2.24) is 15.0 Å². The van der Waals surface area contributed by atoms with Crippen molar-refractivity contribution in [3.63, 3.8) is 0 Å². The van der Waals surface area contributed by atoms with Gasteiger partial charge in [0.25, 0.3) is 5.95 Å². The zero-order valence-corrected chi connectivity index (χ0v) is 7.46. The zero-order valence-electron chi connectivity index (χ0n) is 7.46. The van der Waals surface area contributed by atoms with E-state index in [-0.39, 0.29) is 0 Å². The van der Waals surface area contributed by atoms with E-state index in [4.69, 9.17) is 5.11 Å². The molecule has 0 saturated heterocycles. The Morgan fingerprint density at radius 3 is 2.53 bits per heavy atom. The smallest absolute Gasteiger partial charge is 0.361 e. The lowest BCUT2D eigenvalue weighted by molar-refractivity contribution is 0.0685. The minimum Gasteiger partial charge on any atom is -0.476 e. The summed E-state index contributed by atoms with van der Waals surface area (Å²) >= 11 is 0. The van der Waals surface area contributed by atoms with Gasteiger partial charge in [0, 0.05) is 0 Å². The molecule has 76 valence electrons. The molecule has 0 saturated carbocycles. The van der Waals surface area contributed by atoms with Crippen LogP contribution in [0.3, 0.4) is 0 Å². The maximum absolute atomic E-state index is 13.4. The van der Waals surface area contributed by atoms with Crippen LogP contribution in [-0.4, -0.2) is 26.1 Å². The number of aromatic carboxylic acids is 1. The minimum atomic E-state index is -1.44. The number of carboxylic acids is 1. The fraction of sp³-hybridized carbons (Fsp3) is 0. The molecule has 6 heteroatoms. The van der Waals surface area contributed by atoms with Crippen LogP contribution in [0.5, 0.6) is 0 Å². The summed E-state index contributed by atoms with van der Waals surface area (Å²) in [4.78, 5) is 10.5. The highest BCUT2D eigenvalue weighted by Crippen LogP contribution is 2.10. The summed E-state index contributed by atoms with van der Waals surface area (Å²) < 4.78 is 14.3. The third kappa shape index (κ3) is 1.56. The number of rotatable bonds is 2. The third-order valence-electron chi connectivity index (χ3n) is 1.82. The predicted molar refractivity (Wildman–Crippen MR) is 48.3 cm³/mol. The van der Waals surface area contributed by atoms with Crippen molar-refractivity contribution in [2.24, 2.45) is 0 Å². The first-order chi connectivity index (χ1) is 7.20. The largest absolute Gasteiger partial charge is 0.476 e. The first-order valence-corrected chi connectivity index (χ1v) is 4.10. The van der Waals surface area contributed by atoms with E-state index in [0.717, 1.165) is 4.68 Å². The Kier molecular flexibility index (Phi) is 2.17. The van der Waals surface area contributed by atoms with Crippen LogP contribution in [0.15, 0.2) is 30.3 Å². The fourth-order valence-electron chi connectivity index (χ4n) is 1.14. The lowest BCUT2D eigenvalue weighted by Gasteiger charge is -1.98. The van der Waals surface area contributed by atoms with Crippen LogP contribution in [0.2, 0.25) is 0 Å². The van der Waals surface area contributed by atoms with Crippen molar-refractivity contribution in [2.75, 3.05) is 0 Å². The summed E-state index contributed by atoms with van der Waals surface area (Å²) in [5.41, 5.74) is -0.256. The molecule has 0 aliphatic carbocycles. The van der Waals surface area contributed by atoms with Crippen LogP contribution in [-0.2, 0) is 0 Å². The SMILES string of the molecule is O=C(O)c1nnn(-c2ccccc2)c1F. The Balaban J connectivity index is 2.52. The maximum atomic E-state index is 13.4. The molecule has 5 nitrogen and oxygen atoms in total. The molecular weight excluding hydrogens is 201 g/mol. The Morgan fingerprint density at radius 2 is 2.00 bits per heavy atom. The molecule has 2 aromatic rings. The van der Waals surface area contributed by atoms with Crippen LogP contribution in [0, 0.1) is 5.95 Å². The second-order valence-corrected chi connectivity index (χ2v) is 2.78. The molecule has 1 N–H and O–H groups in total. The Morgan fingerprint density at radius 1 is 1.33 bits per heavy atom. The standard InChI is InChI=1S/C9H6FN3O2/c10-8-7(9(14)15)11-12-13(8)6-4-2-1-3-5-6/h1-5H,(H,14,15). The van der Waals surface area contributed by atoms with Gasteiger partial charge < -0.3 is 5.11 Å². The van der Waals surface area contributed by atoms with Crippen LogP contribution < -0.4 is 0 Å². The van der Waals surface area contributed by atoms with Gasteiger partial charge in [0.1, 0.15) is 0 Å². The van der Waals surface area contributed by atoms with Crippen LogP contribution >= 0.6 is 0 Å². The molecule has 15 heavy (non-hydrogen) atoms. The Labute approximate surface area is 83.8 Å². The highest BCUT2D eigenvalue weighted by atomic mass is 19.1. The first-order valence-electron chi connectivity index (χ1n) is 4.10. The summed E-state index contributed by atoms with van der Waals surface area (Å²) in [5.74, 6) is -2.41. The lowest BCUT2D eigenvalue weighted by atomic mass is 10.3. The number of aromatic nitrogens is 3. The normalized spacial score (nSPS) is 10.2. The van der Waals surface area contributed by atoms with E-state index >= 15 is 0 Å². The molecular formula is C9H6FN3O2. The summed E-state index contributed by atoms with van der Waals surface area (Å²) in [6, 6.07) is 8.34. The van der Waals surface area contributed by atoms with Crippen molar-refractivity contribution in [1.29, 1.82) is 0 Å². The van der Waals surface area contributed by atoms with Gasteiger partial charge in [-0.15, -0.1) is 5.10 Å². The maximum Gasteiger partial charge on any atom is 0.361 e. The average Bonchev–Trinajstić information content (AvgIpc) is 2.61. The third-order valence-corrected chi connectivity index (χ3v) is 1.82. The van der Waals surface area contributed by atoms with Gasteiger partial charge in [-0.25, -0.2) is 4.79 Å². The zero-order chi connectivity index (χ0) is 10.8. The molecule has 1 aromatic heterocycles. The van der Waals surface area contributed by atoms with Crippen molar-refractivity contribution in [2.45, 2.75) is 0 Å². The highest BCUT2D eigenvalue weighted by Gasteiger charge is 2.19. The van der Waals surface area contributed by atoms with Crippen LogP contribution in [0.1, 0.15) is 10.5 Å². The number of hydrogen-bond acceptors (Lipinski definition) is 3. The molecule has 1 aromatic carbocycles. The summed E-state index contributed by atoms with van der Waals surface area (Å²) in [7, 11) is 0. The van der Waals surface area contributed by atoms with Crippen molar-refractivity contribution >= 4 is 5.97 Å². The van der Waals surface area contributed by atoms with Gasteiger partial charge in [0.15, 0.2) is 0 Å². The molecule has 0 aliphatic rings. The fourth-order valence-corrected chi connectivity index (χ4v) is 1.14. The Hall–Kier alpha value is -2.24. The number of halogens is 1. The number of para-hydroxylation sites is 1. The van der Waals surface area contributed by atoms with Crippen LogP contribution in [0.25, 0.3) is 5.69 Å². The topological polar surface area (TPSA) is 68.0 Å². The number of hydrogen-bond donors (Lipinski definition) is 1. The number of nitrogens with zero attached hydrogens (tertiary/aromatic N) is 3. The summed E-state index contributed by atoms with van der Waals surface area (Å²) in [5, 5.41) is 15.2. The summed E-state index contributed by atoms with van der Waals surface area (Å²) in [6.45, 7) is 0. The van der Waals surface area contributed by atoms with E-state index in [2.05, 4.69) is 10.3 Å². The van der Waals surface area contributed by atoms with Crippen LogP contribution in [0.4, 0.5) is 4.39 Å². The molecule has 2 rings (SSSR count). The monoisotopic (exact) mass is 207 g/mol. The minimum absolute atomic E-state index is 0.426. The lowest BCUT2D eigenvalue weighted by Crippen LogP contribution is -2.03. The number of carbonyl (C=O) groups is 1. The molecule has 0 amide bonds. The number of benzene rings is 1. The van der Waals surface area contributed by atoms with Gasteiger partial charge in [-0.2, -0.15) is 9.07 Å². The van der Waals surface area contributed by atoms with Gasteiger partial charge in [-0.3, -0.25) is 0 Å². The van der Waals surface area contributed by atoms with E-state index in [1.54, 1.807) is 30.3 Å². The molecule has 0 fully saturated rings. The predicted octanol–water partition coefficient (Wildman–Crippen LogP) is 1.10. The molecule has 1 heterocycles. The first kappa shape index (κ1) is 9.32. The van der Waals surface area contributed by atoms with Gasteiger partial charge in [0.05, 0.1) is 5.69 Å². The molecule has 0 aliphatic heterocycles. The van der Waals surface area contributed by atoms with E-state index in [1.807, 2.05) is 0 Å². The second kappa shape index (κ2) is 3.49. The molecule has 0 bridgehead atoms.